The standard InChI is InChI=1S/C25H32N2O4/c1-18-16-27(13-12-25(18,2)21-8-5-9-22(28)14-21)17-20-7-4-3-6-19(20)10-11-23(29)26-15-24(30)31/h3-9,14,18,28H,10-13,15-17H2,1-2H3,(H,26,29)(H,30,31). The molecular formula is C25H32N2O4. The first-order valence-electron chi connectivity index (χ1n) is 10.8. The Balaban J connectivity index is 1.61. The smallest absolute Gasteiger partial charge is 0.322 e. The Hall–Kier alpha value is -2.86. The van der Waals surface area contributed by atoms with Crippen LogP contribution in [0.2, 0.25) is 0 Å². The fourth-order valence-electron chi connectivity index (χ4n) is 4.46. The van der Waals surface area contributed by atoms with Gasteiger partial charge in [-0.05, 0) is 59.5 Å². The summed E-state index contributed by atoms with van der Waals surface area (Å²) in [5.41, 5.74) is 3.55. The lowest BCUT2D eigenvalue weighted by atomic mass is 9.68. The van der Waals surface area contributed by atoms with Crippen LogP contribution in [0.25, 0.3) is 0 Å². The molecule has 0 radical (unpaired) electrons. The third-order valence-electron chi connectivity index (χ3n) is 6.64. The van der Waals surface area contributed by atoms with Crippen molar-refractivity contribution in [2.24, 2.45) is 5.92 Å². The average molecular weight is 425 g/mol. The largest absolute Gasteiger partial charge is 0.508 e. The van der Waals surface area contributed by atoms with Gasteiger partial charge in [-0.3, -0.25) is 14.5 Å². The Morgan fingerprint density at radius 2 is 1.90 bits per heavy atom. The molecule has 166 valence electrons. The van der Waals surface area contributed by atoms with Crippen molar-refractivity contribution in [1.29, 1.82) is 0 Å². The van der Waals surface area contributed by atoms with Crippen molar-refractivity contribution in [3.63, 3.8) is 0 Å². The Kier molecular flexibility index (Phi) is 7.33. The van der Waals surface area contributed by atoms with E-state index in [1.54, 1.807) is 6.07 Å². The number of phenolic OH excluding ortho intramolecular Hbond substituents is 1. The van der Waals surface area contributed by atoms with E-state index >= 15 is 0 Å². The molecule has 3 rings (SSSR count). The number of hydrogen-bond acceptors (Lipinski definition) is 4. The molecule has 6 heteroatoms. The molecule has 2 aromatic rings. The number of aliphatic carboxylic acids is 1. The number of carboxylic acid groups (broad SMARTS) is 1. The number of aromatic hydroxyl groups is 1. The number of phenols is 1. The van der Waals surface area contributed by atoms with Crippen LogP contribution >= 0.6 is 0 Å². The highest BCUT2D eigenvalue weighted by molar-refractivity contribution is 5.81. The van der Waals surface area contributed by atoms with E-state index in [1.807, 2.05) is 30.3 Å². The Labute approximate surface area is 183 Å². The van der Waals surface area contributed by atoms with Crippen molar-refractivity contribution in [1.82, 2.24) is 10.2 Å². The third kappa shape index (κ3) is 5.85. The molecule has 0 bridgehead atoms. The van der Waals surface area contributed by atoms with E-state index in [0.717, 1.165) is 31.6 Å². The minimum atomic E-state index is -1.04. The van der Waals surface area contributed by atoms with Crippen molar-refractivity contribution in [2.45, 2.75) is 45.1 Å². The summed E-state index contributed by atoms with van der Waals surface area (Å²) in [5, 5.41) is 21.0. The van der Waals surface area contributed by atoms with Crippen molar-refractivity contribution in [2.75, 3.05) is 19.6 Å². The molecule has 0 saturated carbocycles. The van der Waals surface area contributed by atoms with Gasteiger partial charge in [0.25, 0.3) is 0 Å². The van der Waals surface area contributed by atoms with Crippen molar-refractivity contribution in [3.8, 4) is 5.75 Å². The quantitative estimate of drug-likeness (QED) is 0.605. The summed E-state index contributed by atoms with van der Waals surface area (Å²) in [4.78, 5) is 24.9. The SMILES string of the molecule is CC1CN(Cc2ccccc2CCC(=O)NCC(=O)O)CCC1(C)c1cccc(O)c1. The number of aryl methyl sites for hydroxylation is 1. The molecule has 3 N–H and O–H groups in total. The number of nitrogens with one attached hydrogen (secondary N) is 1. The van der Waals surface area contributed by atoms with Crippen LogP contribution in [0.3, 0.4) is 0 Å². The molecule has 2 atom stereocenters. The molecule has 31 heavy (non-hydrogen) atoms. The van der Waals surface area contributed by atoms with E-state index in [2.05, 4.69) is 36.2 Å². The van der Waals surface area contributed by atoms with Crippen LogP contribution in [-0.2, 0) is 28.0 Å². The molecule has 0 spiro atoms. The Morgan fingerprint density at radius 3 is 2.58 bits per heavy atom. The van der Waals surface area contributed by atoms with Crippen molar-refractivity contribution < 1.29 is 19.8 Å². The lowest BCUT2D eigenvalue weighted by Crippen LogP contribution is -2.47. The molecule has 1 aliphatic rings. The van der Waals surface area contributed by atoms with Gasteiger partial charge in [-0.1, -0.05) is 50.2 Å². The van der Waals surface area contributed by atoms with Crippen LogP contribution in [0.5, 0.6) is 5.75 Å². The van der Waals surface area contributed by atoms with Gasteiger partial charge in [0.05, 0.1) is 0 Å². The first-order valence-corrected chi connectivity index (χ1v) is 10.8. The molecule has 1 heterocycles. The number of carbonyl (C=O) groups excluding carboxylic acids is 1. The van der Waals surface area contributed by atoms with E-state index in [4.69, 9.17) is 5.11 Å². The second kappa shape index (κ2) is 9.96. The van der Waals surface area contributed by atoms with Crippen LogP contribution < -0.4 is 5.32 Å². The number of likely N-dealkylation sites (tertiary alicyclic amines) is 1. The van der Waals surface area contributed by atoms with Gasteiger partial charge in [0.1, 0.15) is 12.3 Å². The zero-order valence-electron chi connectivity index (χ0n) is 18.3. The molecular weight excluding hydrogens is 392 g/mol. The number of piperidine rings is 1. The highest BCUT2D eigenvalue weighted by Crippen LogP contribution is 2.40. The normalized spacial score (nSPS) is 21.5. The first kappa shape index (κ1) is 22.8. The third-order valence-corrected chi connectivity index (χ3v) is 6.64. The van der Waals surface area contributed by atoms with Crippen LogP contribution in [0.4, 0.5) is 0 Å². The first-order chi connectivity index (χ1) is 14.8. The van der Waals surface area contributed by atoms with Gasteiger partial charge in [0, 0.05) is 19.5 Å². The number of carboxylic acids is 1. The number of amides is 1. The summed E-state index contributed by atoms with van der Waals surface area (Å²) < 4.78 is 0. The molecule has 6 nitrogen and oxygen atoms in total. The zero-order valence-corrected chi connectivity index (χ0v) is 18.3. The van der Waals surface area contributed by atoms with E-state index in [0.29, 0.717) is 18.1 Å². The minimum Gasteiger partial charge on any atom is -0.508 e. The Morgan fingerprint density at radius 1 is 1.16 bits per heavy atom. The fraction of sp³-hybridized carbons (Fsp3) is 0.440. The number of rotatable bonds is 8. The van der Waals surface area contributed by atoms with Crippen molar-refractivity contribution in [3.05, 3.63) is 65.2 Å². The monoisotopic (exact) mass is 424 g/mol. The highest BCUT2D eigenvalue weighted by atomic mass is 16.4. The van der Waals surface area contributed by atoms with Crippen LogP contribution in [0.1, 0.15) is 43.4 Å². The maximum atomic E-state index is 11.9. The maximum absolute atomic E-state index is 11.9. The summed E-state index contributed by atoms with van der Waals surface area (Å²) in [5.74, 6) is -0.539. The lowest BCUT2D eigenvalue weighted by Gasteiger charge is -2.45. The van der Waals surface area contributed by atoms with Gasteiger partial charge >= 0.3 is 5.97 Å². The molecule has 2 aromatic carbocycles. The maximum Gasteiger partial charge on any atom is 0.322 e. The summed E-state index contributed by atoms with van der Waals surface area (Å²) >= 11 is 0. The van der Waals surface area contributed by atoms with E-state index in [1.165, 1.54) is 11.1 Å². The molecule has 1 amide bonds. The summed E-state index contributed by atoms with van der Waals surface area (Å²) in [7, 11) is 0. The molecule has 1 aliphatic heterocycles. The summed E-state index contributed by atoms with van der Waals surface area (Å²) in [6, 6.07) is 15.8. The molecule has 1 saturated heterocycles. The Bertz CT molecular complexity index is 929. The molecule has 2 unspecified atom stereocenters. The molecule has 1 fully saturated rings. The zero-order chi connectivity index (χ0) is 22.4. The van der Waals surface area contributed by atoms with Gasteiger partial charge in [0.15, 0.2) is 0 Å². The van der Waals surface area contributed by atoms with Gasteiger partial charge < -0.3 is 15.5 Å². The van der Waals surface area contributed by atoms with Gasteiger partial charge in [-0.25, -0.2) is 0 Å². The fourth-order valence-corrected chi connectivity index (χ4v) is 4.46. The number of benzene rings is 2. The lowest BCUT2D eigenvalue weighted by molar-refractivity contribution is -0.137. The topological polar surface area (TPSA) is 89.9 Å². The van der Waals surface area contributed by atoms with E-state index in [9.17, 15) is 14.7 Å². The van der Waals surface area contributed by atoms with Crippen LogP contribution in [-0.4, -0.2) is 46.6 Å². The van der Waals surface area contributed by atoms with E-state index in [-0.39, 0.29) is 24.3 Å². The number of nitrogens with zero attached hydrogens (tertiary/aromatic N) is 1. The van der Waals surface area contributed by atoms with Crippen LogP contribution in [0, 0.1) is 5.92 Å². The van der Waals surface area contributed by atoms with Gasteiger partial charge in [-0.2, -0.15) is 0 Å². The average Bonchev–Trinajstić information content (AvgIpc) is 2.74. The predicted octanol–water partition coefficient (Wildman–Crippen LogP) is 3.33. The van der Waals surface area contributed by atoms with Crippen molar-refractivity contribution >= 4 is 11.9 Å². The van der Waals surface area contributed by atoms with Crippen LogP contribution in [0.15, 0.2) is 48.5 Å². The summed E-state index contributed by atoms with van der Waals surface area (Å²) in [6.07, 6.45) is 1.87. The minimum absolute atomic E-state index is 0.0248. The predicted molar refractivity (Wildman–Crippen MR) is 120 cm³/mol. The second-order valence-electron chi connectivity index (χ2n) is 8.79. The summed E-state index contributed by atoms with van der Waals surface area (Å²) in [6.45, 7) is 6.96. The molecule has 0 aromatic heterocycles. The van der Waals surface area contributed by atoms with Gasteiger partial charge in [-0.15, -0.1) is 0 Å². The second-order valence-corrected chi connectivity index (χ2v) is 8.79. The molecule has 0 aliphatic carbocycles. The number of hydrogen-bond donors (Lipinski definition) is 3. The van der Waals surface area contributed by atoms with Gasteiger partial charge in [0.2, 0.25) is 5.91 Å². The number of carbonyl (C=O) groups is 2. The van der Waals surface area contributed by atoms with E-state index < -0.39 is 5.97 Å². The highest BCUT2D eigenvalue weighted by Gasteiger charge is 2.38.